The number of sulfonamides is 1. The van der Waals surface area contributed by atoms with Gasteiger partial charge in [-0.1, -0.05) is 6.07 Å². The van der Waals surface area contributed by atoms with Gasteiger partial charge in [0.1, 0.15) is 5.69 Å². The molecule has 1 aromatic heterocycles. The number of rotatable bonds is 3. The van der Waals surface area contributed by atoms with Crippen LogP contribution in [0.4, 0.5) is 18.0 Å². The van der Waals surface area contributed by atoms with Crippen LogP contribution < -0.4 is 4.72 Å². The van der Waals surface area contributed by atoms with Gasteiger partial charge in [-0.15, -0.1) is 0 Å². The van der Waals surface area contributed by atoms with Gasteiger partial charge in [0.05, 0.1) is 11.3 Å². The summed E-state index contributed by atoms with van der Waals surface area (Å²) in [4.78, 5) is 20.0. The molecule has 0 unspecified atom stereocenters. The molecule has 7 nitrogen and oxygen atoms in total. The predicted octanol–water partition coefficient (Wildman–Crippen LogP) is 2.63. The summed E-state index contributed by atoms with van der Waals surface area (Å²) in [6.45, 7) is 2.38. The summed E-state index contributed by atoms with van der Waals surface area (Å²) in [6.07, 6.45) is 2.34. The molecule has 33 heavy (non-hydrogen) atoms. The molecule has 0 aromatic carbocycles. The van der Waals surface area contributed by atoms with Crippen LogP contribution in [-0.2, 0) is 22.6 Å². The van der Waals surface area contributed by atoms with Crippen LogP contribution in [0.2, 0.25) is 0 Å². The number of carbonyl (C=O) groups excluding carboxylic acids is 1. The van der Waals surface area contributed by atoms with E-state index >= 15 is 0 Å². The van der Waals surface area contributed by atoms with Gasteiger partial charge in [0.15, 0.2) is 0 Å². The van der Waals surface area contributed by atoms with Crippen molar-refractivity contribution in [3.63, 3.8) is 0 Å². The molecular formula is C22H27F3N4O3S. The maximum atomic E-state index is 12.8. The topological polar surface area (TPSA) is 82.6 Å². The summed E-state index contributed by atoms with van der Waals surface area (Å²) in [6, 6.07) is 2.60. The number of hydrogen-bond acceptors (Lipinski definition) is 4. The summed E-state index contributed by atoms with van der Waals surface area (Å²) in [5, 5.41) is 0. The SMILES string of the molecule is O=C(N1CC(C23CC(Cc4ccc(C(F)(F)F)nc4)(C2)C3)C1)N1CC2(CCCS(=O)(=O)N2)C1. The average molecular weight is 485 g/mol. The molecule has 0 radical (unpaired) electrons. The van der Waals surface area contributed by atoms with Crippen LogP contribution in [0.1, 0.15) is 43.4 Å². The minimum absolute atomic E-state index is 0.00112. The van der Waals surface area contributed by atoms with Crippen molar-refractivity contribution in [2.75, 3.05) is 31.9 Å². The van der Waals surface area contributed by atoms with E-state index in [1.54, 1.807) is 11.0 Å². The highest BCUT2D eigenvalue weighted by Crippen LogP contribution is 2.78. The lowest BCUT2D eigenvalue weighted by molar-refractivity contribution is -0.254. The van der Waals surface area contributed by atoms with E-state index in [0.29, 0.717) is 25.4 Å². The Bertz CT molecular complexity index is 1070. The molecule has 6 fully saturated rings. The summed E-state index contributed by atoms with van der Waals surface area (Å²) < 4.78 is 64.6. The molecule has 180 valence electrons. The number of nitrogens with one attached hydrogen (secondary N) is 1. The zero-order valence-electron chi connectivity index (χ0n) is 18.2. The van der Waals surface area contributed by atoms with E-state index in [1.165, 1.54) is 6.20 Å². The van der Waals surface area contributed by atoms with Crippen LogP contribution in [0.5, 0.6) is 0 Å². The van der Waals surface area contributed by atoms with Crippen molar-refractivity contribution in [2.24, 2.45) is 16.7 Å². The molecular weight excluding hydrogens is 457 g/mol. The zero-order valence-corrected chi connectivity index (χ0v) is 19.0. The Morgan fingerprint density at radius 2 is 1.85 bits per heavy atom. The molecule has 1 N–H and O–H groups in total. The minimum Gasteiger partial charge on any atom is -0.324 e. The predicted molar refractivity (Wildman–Crippen MR) is 113 cm³/mol. The number of hydrogen-bond donors (Lipinski definition) is 1. The van der Waals surface area contributed by atoms with Gasteiger partial charge in [-0.25, -0.2) is 17.9 Å². The number of nitrogens with zero attached hydrogens (tertiary/aromatic N) is 3. The summed E-state index contributed by atoms with van der Waals surface area (Å²) >= 11 is 0. The van der Waals surface area contributed by atoms with Crippen molar-refractivity contribution in [3.8, 4) is 0 Å². The summed E-state index contributed by atoms with van der Waals surface area (Å²) in [5.41, 5.74) is 0.00382. The summed E-state index contributed by atoms with van der Waals surface area (Å²) in [5.74, 6) is 0.646. The second kappa shape index (κ2) is 6.62. The lowest BCUT2D eigenvalue weighted by Crippen LogP contribution is -2.76. The molecule has 1 spiro atoms. The van der Waals surface area contributed by atoms with Crippen molar-refractivity contribution in [1.82, 2.24) is 19.5 Å². The Hall–Kier alpha value is -1.88. The molecule has 2 amide bonds. The average Bonchev–Trinajstić information content (AvgIpc) is 2.60. The minimum atomic E-state index is -4.41. The Balaban J connectivity index is 0.969. The highest BCUT2D eigenvalue weighted by molar-refractivity contribution is 7.89. The molecule has 7 rings (SSSR count). The van der Waals surface area contributed by atoms with E-state index in [-0.39, 0.29) is 22.6 Å². The fourth-order valence-electron chi connectivity index (χ4n) is 7.13. The molecule has 4 heterocycles. The highest BCUT2D eigenvalue weighted by atomic mass is 32.2. The number of carbonyl (C=O) groups is 1. The van der Waals surface area contributed by atoms with Crippen molar-refractivity contribution in [3.05, 3.63) is 29.6 Å². The van der Waals surface area contributed by atoms with E-state index in [4.69, 9.17) is 0 Å². The largest absolute Gasteiger partial charge is 0.433 e. The van der Waals surface area contributed by atoms with E-state index in [1.807, 2.05) is 4.90 Å². The van der Waals surface area contributed by atoms with Gasteiger partial charge in [-0.05, 0) is 66.9 Å². The number of alkyl halides is 3. The van der Waals surface area contributed by atoms with E-state index < -0.39 is 27.4 Å². The van der Waals surface area contributed by atoms with Crippen LogP contribution in [0.15, 0.2) is 18.3 Å². The number of likely N-dealkylation sites (tertiary alicyclic amines) is 2. The van der Waals surface area contributed by atoms with Crippen LogP contribution in [0.25, 0.3) is 0 Å². The van der Waals surface area contributed by atoms with E-state index in [2.05, 4.69) is 9.71 Å². The smallest absolute Gasteiger partial charge is 0.324 e. The molecule has 11 heteroatoms. The fourth-order valence-corrected chi connectivity index (χ4v) is 8.65. The molecule has 0 atom stereocenters. The van der Waals surface area contributed by atoms with Gasteiger partial charge in [0.2, 0.25) is 10.0 Å². The van der Waals surface area contributed by atoms with Crippen LogP contribution >= 0.6 is 0 Å². The summed E-state index contributed by atoms with van der Waals surface area (Å²) in [7, 11) is -3.22. The first-order valence-electron chi connectivity index (χ1n) is 11.5. The van der Waals surface area contributed by atoms with Crippen molar-refractivity contribution < 1.29 is 26.4 Å². The van der Waals surface area contributed by atoms with Gasteiger partial charge in [-0.3, -0.25) is 4.98 Å². The molecule has 6 aliphatic rings. The second-order valence-corrected chi connectivity index (χ2v) is 13.0. The Kier molecular flexibility index (Phi) is 4.34. The number of urea groups is 1. The monoisotopic (exact) mass is 484 g/mol. The maximum Gasteiger partial charge on any atom is 0.433 e. The third kappa shape index (κ3) is 3.45. The van der Waals surface area contributed by atoms with Gasteiger partial charge >= 0.3 is 12.2 Å². The number of pyridine rings is 1. The van der Waals surface area contributed by atoms with Crippen molar-refractivity contribution in [1.29, 1.82) is 0 Å². The van der Waals surface area contributed by atoms with E-state index in [9.17, 15) is 26.4 Å². The first kappa shape index (κ1) is 21.6. The van der Waals surface area contributed by atoms with Gasteiger partial charge in [-0.2, -0.15) is 13.2 Å². The van der Waals surface area contributed by atoms with Gasteiger partial charge < -0.3 is 9.80 Å². The molecule has 3 aliphatic carbocycles. The first-order chi connectivity index (χ1) is 15.4. The first-order valence-corrected chi connectivity index (χ1v) is 13.1. The molecule has 3 saturated heterocycles. The normalized spacial score (nSPS) is 34.2. The van der Waals surface area contributed by atoms with Crippen LogP contribution in [-0.4, -0.2) is 66.7 Å². The highest BCUT2D eigenvalue weighted by Gasteiger charge is 2.71. The number of aromatic nitrogens is 1. The van der Waals surface area contributed by atoms with Crippen molar-refractivity contribution >= 4 is 16.1 Å². The maximum absolute atomic E-state index is 12.8. The Morgan fingerprint density at radius 3 is 2.42 bits per heavy atom. The van der Waals surface area contributed by atoms with E-state index in [0.717, 1.165) is 56.8 Å². The number of amides is 2. The lowest BCUT2D eigenvalue weighted by Gasteiger charge is -2.76. The Morgan fingerprint density at radius 1 is 1.15 bits per heavy atom. The third-order valence-corrected chi connectivity index (χ3v) is 10.2. The Labute approximate surface area is 190 Å². The lowest BCUT2D eigenvalue weighted by atomic mass is 9.30. The third-order valence-electron chi connectivity index (χ3n) is 8.59. The fraction of sp³-hybridized carbons (Fsp3) is 0.727. The van der Waals surface area contributed by atoms with Gasteiger partial charge in [0.25, 0.3) is 0 Å². The molecule has 3 aliphatic heterocycles. The van der Waals surface area contributed by atoms with Crippen molar-refractivity contribution in [2.45, 2.75) is 50.2 Å². The molecule has 3 saturated carbocycles. The quantitative estimate of drug-likeness (QED) is 0.715. The van der Waals surface area contributed by atoms with Crippen LogP contribution in [0.3, 0.4) is 0 Å². The standard InChI is InChI=1S/C22H27F3N4O3S/c23-22(24,25)17-3-2-15(7-26-17)6-19-10-20(11-19,12-19)16-8-28(9-16)18(30)29-13-21(14-29)4-1-5-33(31,32)27-21/h2-3,7,16,27H,1,4-6,8-14H2. The second-order valence-electron chi connectivity index (χ2n) is 11.2. The van der Waals surface area contributed by atoms with Crippen LogP contribution in [0, 0.1) is 16.7 Å². The molecule has 2 bridgehead atoms. The molecule has 1 aromatic rings. The number of halogens is 3. The zero-order chi connectivity index (χ0) is 23.3. The van der Waals surface area contributed by atoms with Gasteiger partial charge in [0, 0.05) is 32.4 Å².